The Morgan fingerprint density at radius 2 is 1.85 bits per heavy atom. The second-order valence-corrected chi connectivity index (χ2v) is 7.29. The quantitative estimate of drug-likeness (QED) is 0.491. The van der Waals surface area contributed by atoms with Gasteiger partial charge in [0.15, 0.2) is 5.65 Å². The molecule has 8 heteroatoms. The van der Waals surface area contributed by atoms with E-state index in [2.05, 4.69) is 27.8 Å². The van der Waals surface area contributed by atoms with Gasteiger partial charge in [-0.15, -0.1) is 10.2 Å². The van der Waals surface area contributed by atoms with Gasteiger partial charge in [0.2, 0.25) is 17.0 Å². The van der Waals surface area contributed by atoms with E-state index < -0.39 is 0 Å². The van der Waals surface area contributed by atoms with Crippen LogP contribution in [0.1, 0.15) is 26.2 Å². The fourth-order valence-electron chi connectivity index (χ4n) is 3.30. The molecular weight excluding hydrogens is 350 g/mol. The van der Waals surface area contributed by atoms with Crippen molar-refractivity contribution in [3.05, 3.63) is 24.3 Å². The molecule has 4 rings (SSSR count). The number of amides is 2. The number of hydrogen-bond acceptors (Lipinski definition) is 6. The first-order valence-corrected chi connectivity index (χ1v) is 9.75. The van der Waals surface area contributed by atoms with Gasteiger partial charge in [-0.2, -0.15) is 0 Å². The van der Waals surface area contributed by atoms with Gasteiger partial charge in [0.1, 0.15) is 5.52 Å². The minimum atomic E-state index is -0.0897. The minimum Gasteiger partial charge on any atom is -0.324 e. The van der Waals surface area contributed by atoms with Gasteiger partial charge in [-0.05, 0) is 12.5 Å². The van der Waals surface area contributed by atoms with E-state index in [4.69, 9.17) is 4.98 Å². The molecular formula is C18H19N5O2S. The standard InChI is InChI=1S/C18H19N5O2S/c1-2-9-22-13-6-4-3-5-12(13)16-17(22)19-18(21-20-16)26-11-10-23-14(24)7-8-15(23)25/h3-6H,2,7-11H2,1H3. The average molecular weight is 369 g/mol. The number of likely N-dealkylation sites (tertiary alicyclic amines) is 1. The summed E-state index contributed by atoms with van der Waals surface area (Å²) in [7, 11) is 0. The van der Waals surface area contributed by atoms with E-state index in [1.807, 2.05) is 18.2 Å². The number of hydrogen-bond donors (Lipinski definition) is 0. The Balaban J connectivity index is 1.59. The van der Waals surface area contributed by atoms with Gasteiger partial charge in [0.25, 0.3) is 0 Å². The first kappa shape index (κ1) is 17.0. The van der Waals surface area contributed by atoms with Gasteiger partial charge in [-0.3, -0.25) is 14.5 Å². The molecule has 3 aromatic rings. The zero-order valence-corrected chi connectivity index (χ0v) is 15.3. The van der Waals surface area contributed by atoms with Crippen LogP contribution < -0.4 is 0 Å². The van der Waals surface area contributed by atoms with Crippen molar-refractivity contribution in [1.82, 2.24) is 24.6 Å². The minimum absolute atomic E-state index is 0.0897. The number of nitrogens with zero attached hydrogens (tertiary/aromatic N) is 5. The van der Waals surface area contributed by atoms with Crippen molar-refractivity contribution < 1.29 is 9.59 Å². The molecule has 2 amide bonds. The van der Waals surface area contributed by atoms with Crippen molar-refractivity contribution in [2.45, 2.75) is 37.9 Å². The lowest BCUT2D eigenvalue weighted by molar-refractivity contribution is -0.137. The summed E-state index contributed by atoms with van der Waals surface area (Å²) in [6.07, 6.45) is 1.65. The molecule has 0 saturated carbocycles. The predicted octanol–water partition coefficient (Wildman–Crippen LogP) is 2.63. The predicted molar refractivity (Wildman–Crippen MR) is 99.8 cm³/mol. The molecule has 0 N–H and O–H groups in total. The van der Waals surface area contributed by atoms with Crippen LogP contribution in [0.4, 0.5) is 0 Å². The highest BCUT2D eigenvalue weighted by atomic mass is 32.2. The van der Waals surface area contributed by atoms with Crippen LogP contribution in [0.15, 0.2) is 29.4 Å². The molecule has 134 valence electrons. The van der Waals surface area contributed by atoms with E-state index in [1.165, 1.54) is 16.7 Å². The summed E-state index contributed by atoms with van der Waals surface area (Å²) < 4.78 is 2.18. The lowest BCUT2D eigenvalue weighted by Crippen LogP contribution is -2.31. The fourth-order valence-corrected chi connectivity index (χ4v) is 4.01. The highest BCUT2D eigenvalue weighted by Crippen LogP contribution is 2.27. The van der Waals surface area contributed by atoms with E-state index >= 15 is 0 Å². The maximum Gasteiger partial charge on any atom is 0.229 e. The molecule has 0 atom stereocenters. The molecule has 0 bridgehead atoms. The van der Waals surface area contributed by atoms with E-state index in [-0.39, 0.29) is 11.8 Å². The molecule has 1 aliphatic heterocycles. The Bertz CT molecular complexity index is 984. The second-order valence-electron chi connectivity index (χ2n) is 6.22. The van der Waals surface area contributed by atoms with E-state index in [0.29, 0.717) is 30.3 Å². The van der Waals surface area contributed by atoms with Crippen molar-refractivity contribution in [1.29, 1.82) is 0 Å². The van der Waals surface area contributed by atoms with Crippen LogP contribution in [-0.4, -0.2) is 48.8 Å². The SMILES string of the molecule is CCCn1c2ccccc2c2nnc(SCCN3C(=O)CCC3=O)nc21. The number of carbonyl (C=O) groups is 2. The van der Waals surface area contributed by atoms with Crippen LogP contribution in [0.25, 0.3) is 22.1 Å². The Morgan fingerprint density at radius 3 is 2.62 bits per heavy atom. The number of carbonyl (C=O) groups excluding carboxylic acids is 2. The third kappa shape index (κ3) is 2.94. The molecule has 0 aliphatic carbocycles. The van der Waals surface area contributed by atoms with Crippen LogP contribution >= 0.6 is 11.8 Å². The molecule has 7 nitrogen and oxygen atoms in total. The lowest BCUT2D eigenvalue weighted by Gasteiger charge is -2.12. The van der Waals surface area contributed by atoms with Crippen LogP contribution in [0.2, 0.25) is 0 Å². The monoisotopic (exact) mass is 369 g/mol. The third-order valence-corrected chi connectivity index (χ3v) is 5.32. The third-order valence-electron chi connectivity index (χ3n) is 4.50. The Hall–Kier alpha value is -2.48. The molecule has 1 fully saturated rings. The first-order chi connectivity index (χ1) is 12.7. The molecule has 1 aliphatic rings. The van der Waals surface area contributed by atoms with Crippen molar-refractivity contribution in [2.75, 3.05) is 12.3 Å². The Kier molecular flexibility index (Phi) is 4.58. The zero-order valence-electron chi connectivity index (χ0n) is 14.5. The largest absolute Gasteiger partial charge is 0.324 e. The van der Waals surface area contributed by atoms with Crippen molar-refractivity contribution in [2.24, 2.45) is 0 Å². The molecule has 2 aromatic heterocycles. The summed E-state index contributed by atoms with van der Waals surface area (Å²) in [5, 5.41) is 10.2. The highest BCUT2D eigenvalue weighted by Gasteiger charge is 2.28. The Morgan fingerprint density at radius 1 is 1.08 bits per heavy atom. The number of para-hydroxylation sites is 1. The van der Waals surface area contributed by atoms with Crippen LogP contribution in [0.5, 0.6) is 0 Å². The average Bonchev–Trinajstić information content (AvgIpc) is 3.14. The maximum atomic E-state index is 11.7. The summed E-state index contributed by atoms with van der Waals surface area (Å²) >= 11 is 1.42. The summed E-state index contributed by atoms with van der Waals surface area (Å²) in [4.78, 5) is 29.4. The topological polar surface area (TPSA) is 81.0 Å². The van der Waals surface area contributed by atoms with E-state index in [0.717, 1.165) is 35.0 Å². The van der Waals surface area contributed by atoms with Gasteiger partial charge in [-0.25, -0.2) is 4.98 Å². The van der Waals surface area contributed by atoms with Crippen LogP contribution in [0.3, 0.4) is 0 Å². The first-order valence-electron chi connectivity index (χ1n) is 8.76. The zero-order chi connectivity index (χ0) is 18.1. The molecule has 1 saturated heterocycles. The van der Waals surface area contributed by atoms with Crippen LogP contribution in [0, 0.1) is 0 Å². The maximum absolute atomic E-state index is 11.7. The van der Waals surface area contributed by atoms with Crippen molar-refractivity contribution in [3.8, 4) is 0 Å². The summed E-state index contributed by atoms with van der Waals surface area (Å²) in [5.74, 6) is 0.389. The number of fused-ring (bicyclic) bond motifs is 3. The number of thioether (sulfide) groups is 1. The number of aryl methyl sites for hydroxylation is 1. The Labute approximate surface area is 154 Å². The van der Waals surface area contributed by atoms with Crippen molar-refractivity contribution in [3.63, 3.8) is 0 Å². The van der Waals surface area contributed by atoms with Crippen LogP contribution in [-0.2, 0) is 16.1 Å². The number of benzene rings is 1. The molecule has 0 radical (unpaired) electrons. The number of rotatable bonds is 6. The summed E-state index contributed by atoms with van der Waals surface area (Å²) in [5.41, 5.74) is 2.75. The number of aromatic nitrogens is 4. The van der Waals surface area contributed by atoms with Gasteiger partial charge >= 0.3 is 0 Å². The fraction of sp³-hybridized carbons (Fsp3) is 0.389. The van der Waals surface area contributed by atoms with Crippen molar-refractivity contribution >= 4 is 45.6 Å². The molecule has 0 unspecified atom stereocenters. The summed E-state index contributed by atoms with van der Waals surface area (Å²) in [6, 6.07) is 8.12. The van der Waals surface area contributed by atoms with Gasteiger partial charge < -0.3 is 4.57 Å². The second kappa shape index (κ2) is 7.03. The molecule has 3 heterocycles. The normalized spacial score (nSPS) is 14.9. The lowest BCUT2D eigenvalue weighted by atomic mass is 10.2. The van der Waals surface area contributed by atoms with Gasteiger partial charge in [-0.1, -0.05) is 36.9 Å². The molecule has 26 heavy (non-hydrogen) atoms. The van der Waals surface area contributed by atoms with E-state index in [9.17, 15) is 9.59 Å². The summed E-state index contributed by atoms with van der Waals surface area (Å²) in [6.45, 7) is 3.39. The number of imide groups is 1. The smallest absolute Gasteiger partial charge is 0.229 e. The molecule has 1 aromatic carbocycles. The van der Waals surface area contributed by atoms with Gasteiger partial charge in [0, 0.05) is 37.1 Å². The molecule has 0 spiro atoms. The highest BCUT2D eigenvalue weighted by molar-refractivity contribution is 7.99. The van der Waals surface area contributed by atoms with Gasteiger partial charge in [0.05, 0.1) is 5.52 Å². The van der Waals surface area contributed by atoms with E-state index in [1.54, 1.807) is 0 Å².